The number of aldehydes is 1. The van der Waals surface area contributed by atoms with Gasteiger partial charge in [0.1, 0.15) is 5.75 Å². The summed E-state index contributed by atoms with van der Waals surface area (Å²) < 4.78 is 0. The number of halogens is 3. The minimum Gasteiger partial charge on any atom is -0.507 e. The first-order valence-corrected chi connectivity index (χ1v) is 6.10. The van der Waals surface area contributed by atoms with Crippen LogP contribution in [-0.4, -0.2) is 11.4 Å². The molecule has 0 heterocycles. The monoisotopic (exact) mass is 300 g/mol. The Morgan fingerprint density at radius 3 is 2.39 bits per heavy atom. The van der Waals surface area contributed by atoms with E-state index in [1.54, 1.807) is 18.2 Å². The van der Waals surface area contributed by atoms with Crippen molar-refractivity contribution in [2.24, 2.45) is 0 Å². The Kier molecular flexibility index (Phi) is 3.81. The molecule has 2 aromatic rings. The van der Waals surface area contributed by atoms with Crippen molar-refractivity contribution < 1.29 is 9.90 Å². The third-order valence-corrected chi connectivity index (χ3v) is 3.79. The van der Waals surface area contributed by atoms with Crippen LogP contribution >= 0.6 is 34.8 Å². The van der Waals surface area contributed by atoms with E-state index in [1.165, 1.54) is 12.1 Å². The Hall–Kier alpha value is -1.22. The van der Waals surface area contributed by atoms with Crippen molar-refractivity contribution in [1.82, 2.24) is 0 Å². The van der Waals surface area contributed by atoms with Crippen molar-refractivity contribution in [3.63, 3.8) is 0 Å². The molecule has 5 heteroatoms. The van der Waals surface area contributed by atoms with Gasteiger partial charge < -0.3 is 5.11 Å². The molecule has 0 fully saturated rings. The molecule has 0 radical (unpaired) electrons. The minimum atomic E-state index is -0.0788. The fourth-order valence-electron chi connectivity index (χ4n) is 1.57. The summed E-state index contributed by atoms with van der Waals surface area (Å²) in [6.45, 7) is 0. The number of aromatic hydroxyl groups is 1. The van der Waals surface area contributed by atoms with Crippen LogP contribution in [0.1, 0.15) is 10.4 Å². The third kappa shape index (κ3) is 2.32. The predicted molar refractivity (Wildman–Crippen MR) is 74.0 cm³/mol. The first-order chi connectivity index (χ1) is 8.54. The van der Waals surface area contributed by atoms with Gasteiger partial charge in [0.15, 0.2) is 6.29 Å². The molecule has 2 nitrogen and oxygen atoms in total. The molecule has 0 aliphatic rings. The molecule has 18 heavy (non-hydrogen) atoms. The summed E-state index contributed by atoms with van der Waals surface area (Å²) in [4.78, 5) is 10.8. The van der Waals surface area contributed by atoms with Crippen molar-refractivity contribution in [2.45, 2.75) is 0 Å². The van der Waals surface area contributed by atoms with Crippen molar-refractivity contribution in [1.29, 1.82) is 0 Å². The number of carbonyl (C=O) groups is 1. The quantitative estimate of drug-likeness (QED) is 0.637. The highest BCUT2D eigenvalue weighted by molar-refractivity contribution is 6.49. The lowest BCUT2D eigenvalue weighted by atomic mass is 10.0. The fraction of sp³-hybridized carbons (Fsp3) is 0. The average Bonchev–Trinajstić information content (AvgIpc) is 2.37. The van der Waals surface area contributed by atoms with Gasteiger partial charge in [-0.05, 0) is 23.8 Å². The maximum atomic E-state index is 10.8. The standard InChI is InChI=1S/C13H7Cl3O2/c14-10-3-2-9(12(15)13(10)16)7-1-4-11(18)8(5-7)6-17/h1-6,18H. The van der Waals surface area contributed by atoms with Crippen molar-refractivity contribution in [2.75, 3.05) is 0 Å². The largest absolute Gasteiger partial charge is 0.507 e. The molecule has 0 spiro atoms. The number of carbonyl (C=O) groups excluding carboxylic acids is 1. The van der Waals surface area contributed by atoms with Crippen molar-refractivity contribution >= 4 is 41.1 Å². The smallest absolute Gasteiger partial charge is 0.153 e. The molecule has 1 N–H and O–H groups in total. The zero-order valence-electron chi connectivity index (χ0n) is 8.95. The van der Waals surface area contributed by atoms with Crippen LogP contribution in [0.5, 0.6) is 5.75 Å². The maximum Gasteiger partial charge on any atom is 0.153 e. The van der Waals surface area contributed by atoms with Gasteiger partial charge in [0.25, 0.3) is 0 Å². The molecule has 0 atom stereocenters. The summed E-state index contributed by atoms with van der Waals surface area (Å²) in [6, 6.07) is 7.94. The number of benzene rings is 2. The molecule has 0 saturated heterocycles. The number of phenolic OH excluding ortho intramolecular Hbond substituents is 1. The highest BCUT2D eigenvalue weighted by Crippen LogP contribution is 2.38. The van der Waals surface area contributed by atoms with Gasteiger partial charge in [-0.2, -0.15) is 0 Å². The Bertz CT molecular complexity index is 624. The number of phenols is 1. The van der Waals surface area contributed by atoms with Crippen LogP contribution < -0.4 is 0 Å². The van der Waals surface area contributed by atoms with E-state index in [4.69, 9.17) is 34.8 Å². The van der Waals surface area contributed by atoms with E-state index >= 15 is 0 Å². The summed E-state index contributed by atoms with van der Waals surface area (Å²) in [7, 11) is 0. The third-order valence-electron chi connectivity index (χ3n) is 2.50. The Labute approximate surface area is 119 Å². The maximum absolute atomic E-state index is 10.8. The van der Waals surface area contributed by atoms with E-state index in [1.807, 2.05) is 0 Å². The molecule has 0 aliphatic carbocycles. The fourth-order valence-corrected chi connectivity index (χ4v) is 2.21. The van der Waals surface area contributed by atoms with Crippen LogP contribution in [0.25, 0.3) is 11.1 Å². The van der Waals surface area contributed by atoms with Crippen LogP contribution in [0.2, 0.25) is 15.1 Å². The van der Waals surface area contributed by atoms with E-state index in [0.29, 0.717) is 27.5 Å². The molecule has 92 valence electrons. The first kappa shape index (κ1) is 13.2. The molecule has 0 aliphatic heterocycles. The van der Waals surface area contributed by atoms with Gasteiger partial charge in [0.05, 0.1) is 20.6 Å². The molecular weight excluding hydrogens is 294 g/mol. The summed E-state index contributed by atoms with van der Waals surface area (Å²) >= 11 is 17.9. The van der Waals surface area contributed by atoms with E-state index in [-0.39, 0.29) is 16.3 Å². The van der Waals surface area contributed by atoms with Gasteiger partial charge in [0.2, 0.25) is 0 Å². The van der Waals surface area contributed by atoms with Crippen molar-refractivity contribution in [3.8, 4) is 16.9 Å². The lowest BCUT2D eigenvalue weighted by Gasteiger charge is -2.08. The van der Waals surface area contributed by atoms with Crippen molar-refractivity contribution in [3.05, 3.63) is 51.0 Å². The first-order valence-electron chi connectivity index (χ1n) is 4.96. The van der Waals surface area contributed by atoms with Gasteiger partial charge in [-0.3, -0.25) is 4.79 Å². The normalized spacial score (nSPS) is 10.4. The Morgan fingerprint density at radius 1 is 1.00 bits per heavy atom. The van der Waals surface area contributed by atoms with Gasteiger partial charge in [-0.1, -0.05) is 46.9 Å². The summed E-state index contributed by atoms with van der Waals surface area (Å²) in [5.41, 5.74) is 1.52. The van der Waals surface area contributed by atoms with E-state index in [0.717, 1.165) is 0 Å². The molecule has 0 aromatic heterocycles. The second-order valence-electron chi connectivity index (χ2n) is 3.61. The van der Waals surface area contributed by atoms with Gasteiger partial charge in [-0.25, -0.2) is 0 Å². The van der Waals surface area contributed by atoms with Crippen LogP contribution in [0.3, 0.4) is 0 Å². The molecule has 2 aromatic carbocycles. The number of hydrogen-bond donors (Lipinski definition) is 1. The van der Waals surface area contributed by atoms with Crippen LogP contribution in [0, 0.1) is 0 Å². The Balaban J connectivity index is 2.62. The average molecular weight is 302 g/mol. The SMILES string of the molecule is O=Cc1cc(-c2ccc(Cl)c(Cl)c2Cl)ccc1O. The number of hydrogen-bond acceptors (Lipinski definition) is 2. The number of rotatable bonds is 2. The lowest BCUT2D eigenvalue weighted by molar-refractivity contribution is 0.112. The summed E-state index contributed by atoms with van der Waals surface area (Å²) in [5.74, 6) is -0.0788. The van der Waals surface area contributed by atoms with Crippen LogP contribution in [0.15, 0.2) is 30.3 Å². The predicted octanol–water partition coefficient (Wildman–Crippen LogP) is 4.83. The molecule has 0 bridgehead atoms. The van der Waals surface area contributed by atoms with Crippen LogP contribution in [-0.2, 0) is 0 Å². The Morgan fingerprint density at radius 2 is 1.72 bits per heavy atom. The van der Waals surface area contributed by atoms with E-state index < -0.39 is 0 Å². The van der Waals surface area contributed by atoms with E-state index in [9.17, 15) is 9.90 Å². The molecular formula is C13H7Cl3O2. The highest BCUT2D eigenvalue weighted by atomic mass is 35.5. The second-order valence-corrected chi connectivity index (χ2v) is 4.78. The minimum absolute atomic E-state index is 0.0788. The molecule has 2 rings (SSSR count). The molecule has 0 saturated carbocycles. The summed E-state index contributed by atoms with van der Waals surface area (Å²) in [5, 5.41) is 10.4. The van der Waals surface area contributed by atoms with Gasteiger partial charge >= 0.3 is 0 Å². The molecule has 0 amide bonds. The lowest BCUT2D eigenvalue weighted by Crippen LogP contribution is -1.86. The highest BCUT2D eigenvalue weighted by Gasteiger charge is 2.11. The topological polar surface area (TPSA) is 37.3 Å². The van der Waals surface area contributed by atoms with E-state index in [2.05, 4.69) is 0 Å². The molecule has 0 unspecified atom stereocenters. The van der Waals surface area contributed by atoms with Gasteiger partial charge in [0, 0.05) is 5.56 Å². The second kappa shape index (κ2) is 5.19. The van der Waals surface area contributed by atoms with Crippen LogP contribution in [0.4, 0.5) is 0 Å². The van der Waals surface area contributed by atoms with Gasteiger partial charge in [-0.15, -0.1) is 0 Å². The zero-order valence-corrected chi connectivity index (χ0v) is 11.2. The zero-order chi connectivity index (χ0) is 13.3. The summed E-state index contributed by atoms with van der Waals surface area (Å²) in [6.07, 6.45) is 0.574.